The molecule has 1 amide bonds. The standard InChI is InChI=1S/C7H10F4N2OS/c8-3-13-4-15-2-5(13)1-12-6(14)7(9,10)11/h5H,1-4H2,(H,12,14)/t5-/m1/s1. The van der Waals surface area contributed by atoms with E-state index >= 15 is 0 Å². The third kappa shape index (κ3) is 3.53. The van der Waals surface area contributed by atoms with Gasteiger partial charge in [-0.25, -0.2) is 4.39 Å². The molecular weight excluding hydrogens is 236 g/mol. The molecule has 0 spiro atoms. The van der Waals surface area contributed by atoms with Crippen LogP contribution < -0.4 is 5.32 Å². The predicted molar refractivity (Wildman–Crippen MR) is 48.0 cm³/mol. The Kier molecular flexibility index (Phi) is 4.21. The SMILES string of the molecule is O=C(NC[C@@H]1CSCN1CF)C(F)(F)F. The Hall–Kier alpha value is -0.500. The van der Waals surface area contributed by atoms with Crippen molar-refractivity contribution in [2.24, 2.45) is 0 Å². The minimum atomic E-state index is -4.87. The second kappa shape index (κ2) is 5.02. The number of nitrogens with zero attached hydrogens (tertiary/aromatic N) is 1. The van der Waals surface area contributed by atoms with Gasteiger partial charge in [0.05, 0.1) is 0 Å². The van der Waals surface area contributed by atoms with E-state index in [0.29, 0.717) is 11.6 Å². The topological polar surface area (TPSA) is 32.3 Å². The molecule has 1 aliphatic rings. The smallest absolute Gasteiger partial charge is 0.347 e. The van der Waals surface area contributed by atoms with Gasteiger partial charge in [0.25, 0.3) is 0 Å². The lowest BCUT2D eigenvalue weighted by molar-refractivity contribution is -0.173. The average molecular weight is 246 g/mol. The van der Waals surface area contributed by atoms with Gasteiger partial charge >= 0.3 is 12.1 Å². The molecule has 1 heterocycles. The van der Waals surface area contributed by atoms with Gasteiger partial charge in [-0.2, -0.15) is 13.2 Å². The number of carbonyl (C=O) groups excluding carboxylic acids is 1. The molecule has 8 heteroatoms. The number of carbonyl (C=O) groups is 1. The molecule has 1 N–H and O–H groups in total. The highest BCUT2D eigenvalue weighted by molar-refractivity contribution is 7.99. The third-order valence-electron chi connectivity index (χ3n) is 1.99. The second-order valence-corrected chi connectivity index (χ2v) is 4.07. The molecule has 0 aromatic rings. The Labute approximate surface area is 88.2 Å². The van der Waals surface area contributed by atoms with Crippen molar-refractivity contribution in [2.45, 2.75) is 12.2 Å². The van der Waals surface area contributed by atoms with Gasteiger partial charge in [-0.1, -0.05) is 0 Å². The largest absolute Gasteiger partial charge is 0.471 e. The summed E-state index contributed by atoms with van der Waals surface area (Å²) in [5.74, 6) is -0.997. The van der Waals surface area contributed by atoms with E-state index in [2.05, 4.69) is 0 Å². The molecule has 15 heavy (non-hydrogen) atoms. The van der Waals surface area contributed by atoms with Crippen LogP contribution in [0.5, 0.6) is 0 Å². The number of thioether (sulfide) groups is 1. The molecular formula is C7H10F4N2OS. The van der Waals surface area contributed by atoms with Crippen LogP contribution in [0.15, 0.2) is 0 Å². The quantitative estimate of drug-likeness (QED) is 0.595. The zero-order valence-electron chi connectivity index (χ0n) is 7.68. The predicted octanol–water partition coefficient (Wildman–Crippen LogP) is 0.967. The highest BCUT2D eigenvalue weighted by atomic mass is 32.2. The van der Waals surface area contributed by atoms with E-state index in [9.17, 15) is 22.4 Å². The maximum atomic E-state index is 12.3. The summed E-state index contributed by atoms with van der Waals surface area (Å²) in [4.78, 5) is 11.8. The van der Waals surface area contributed by atoms with E-state index in [4.69, 9.17) is 0 Å². The van der Waals surface area contributed by atoms with Gasteiger partial charge in [-0.15, -0.1) is 11.8 Å². The van der Waals surface area contributed by atoms with E-state index in [1.165, 1.54) is 16.7 Å². The van der Waals surface area contributed by atoms with Crippen LogP contribution in [0.1, 0.15) is 0 Å². The van der Waals surface area contributed by atoms with Crippen LogP contribution in [0.25, 0.3) is 0 Å². The number of hydrogen-bond acceptors (Lipinski definition) is 3. The first-order valence-electron chi connectivity index (χ1n) is 4.18. The number of halogens is 4. The Morgan fingerprint density at radius 3 is 2.73 bits per heavy atom. The molecule has 0 radical (unpaired) electrons. The molecule has 88 valence electrons. The van der Waals surface area contributed by atoms with E-state index in [1.54, 1.807) is 5.32 Å². The van der Waals surface area contributed by atoms with Crippen molar-refractivity contribution >= 4 is 17.7 Å². The Bertz CT molecular complexity index is 236. The van der Waals surface area contributed by atoms with Gasteiger partial charge < -0.3 is 5.32 Å². The van der Waals surface area contributed by atoms with Crippen LogP contribution in [0.3, 0.4) is 0 Å². The molecule has 0 aliphatic carbocycles. The van der Waals surface area contributed by atoms with Crippen LogP contribution in [0, 0.1) is 0 Å². The average Bonchev–Trinajstić information content (AvgIpc) is 2.59. The molecule has 0 saturated carbocycles. The Morgan fingerprint density at radius 1 is 1.53 bits per heavy atom. The van der Waals surface area contributed by atoms with E-state index < -0.39 is 18.9 Å². The minimum Gasteiger partial charge on any atom is -0.347 e. The normalized spacial score (nSPS) is 23.1. The maximum Gasteiger partial charge on any atom is 0.471 e. The second-order valence-electron chi connectivity index (χ2n) is 3.07. The lowest BCUT2D eigenvalue weighted by Crippen LogP contribution is -2.45. The first-order valence-corrected chi connectivity index (χ1v) is 5.33. The van der Waals surface area contributed by atoms with Gasteiger partial charge in [0, 0.05) is 24.2 Å². The van der Waals surface area contributed by atoms with E-state index in [0.717, 1.165) is 0 Å². The first-order chi connectivity index (χ1) is 6.95. The number of rotatable bonds is 3. The van der Waals surface area contributed by atoms with Crippen molar-refractivity contribution in [3.05, 3.63) is 0 Å². The molecule has 1 rings (SSSR count). The summed E-state index contributed by atoms with van der Waals surface area (Å²) in [5.41, 5.74) is 0. The molecule has 1 aliphatic heterocycles. The summed E-state index contributed by atoms with van der Waals surface area (Å²) >= 11 is 1.43. The fourth-order valence-corrected chi connectivity index (χ4v) is 2.37. The number of hydrogen-bond donors (Lipinski definition) is 1. The summed E-state index contributed by atoms with van der Waals surface area (Å²) in [6.45, 7) is -0.880. The zero-order valence-corrected chi connectivity index (χ0v) is 8.50. The molecule has 1 saturated heterocycles. The summed E-state index contributed by atoms with van der Waals surface area (Å²) in [6, 6.07) is -0.355. The van der Waals surface area contributed by atoms with Crippen LogP contribution in [-0.4, -0.2) is 48.0 Å². The fourth-order valence-electron chi connectivity index (χ4n) is 1.15. The number of alkyl halides is 4. The number of amides is 1. The van der Waals surface area contributed by atoms with Crippen LogP contribution >= 0.6 is 11.8 Å². The molecule has 0 unspecified atom stereocenters. The molecule has 0 aromatic heterocycles. The Morgan fingerprint density at radius 2 is 2.20 bits per heavy atom. The van der Waals surface area contributed by atoms with Crippen molar-refractivity contribution in [3.63, 3.8) is 0 Å². The summed E-state index contributed by atoms with van der Waals surface area (Å²) < 4.78 is 47.7. The maximum absolute atomic E-state index is 12.3. The molecule has 1 atom stereocenters. The summed E-state index contributed by atoms with van der Waals surface area (Å²) in [6.07, 6.45) is -4.87. The van der Waals surface area contributed by atoms with Crippen LogP contribution in [0.4, 0.5) is 17.6 Å². The zero-order chi connectivity index (χ0) is 11.5. The van der Waals surface area contributed by atoms with E-state index in [1.807, 2.05) is 0 Å². The Balaban J connectivity index is 2.34. The highest BCUT2D eigenvalue weighted by Gasteiger charge is 2.39. The van der Waals surface area contributed by atoms with Crippen molar-refractivity contribution in [1.29, 1.82) is 0 Å². The van der Waals surface area contributed by atoms with Gasteiger partial charge in [0.15, 0.2) is 0 Å². The minimum absolute atomic E-state index is 0.171. The molecule has 3 nitrogen and oxygen atoms in total. The lowest BCUT2D eigenvalue weighted by atomic mass is 10.3. The molecule has 1 fully saturated rings. The lowest BCUT2D eigenvalue weighted by Gasteiger charge is -2.20. The van der Waals surface area contributed by atoms with Gasteiger partial charge in [0.2, 0.25) is 0 Å². The van der Waals surface area contributed by atoms with Gasteiger partial charge in [-0.3, -0.25) is 9.69 Å². The van der Waals surface area contributed by atoms with Crippen molar-refractivity contribution in [2.75, 3.05) is 25.0 Å². The first kappa shape index (κ1) is 12.6. The fraction of sp³-hybridized carbons (Fsp3) is 0.857. The number of nitrogens with one attached hydrogen (secondary N) is 1. The van der Waals surface area contributed by atoms with E-state index in [-0.39, 0.29) is 12.6 Å². The van der Waals surface area contributed by atoms with Gasteiger partial charge in [-0.05, 0) is 0 Å². The van der Waals surface area contributed by atoms with Crippen LogP contribution in [-0.2, 0) is 4.79 Å². The highest BCUT2D eigenvalue weighted by Crippen LogP contribution is 2.20. The summed E-state index contributed by atoms with van der Waals surface area (Å²) in [7, 11) is 0. The monoisotopic (exact) mass is 246 g/mol. The summed E-state index contributed by atoms with van der Waals surface area (Å²) in [5, 5.41) is 1.74. The van der Waals surface area contributed by atoms with Crippen molar-refractivity contribution < 1.29 is 22.4 Å². The molecule has 0 aromatic carbocycles. The van der Waals surface area contributed by atoms with Crippen molar-refractivity contribution in [1.82, 2.24) is 10.2 Å². The van der Waals surface area contributed by atoms with Gasteiger partial charge in [0.1, 0.15) is 6.80 Å². The van der Waals surface area contributed by atoms with Crippen molar-refractivity contribution in [3.8, 4) is 0 Å². The third-order valence-corrected chi connectivity index (χ3v) is 3.13. The molecule has 0 bridgehead atoms. The van der Waals surface area contributed by atoms with Crippen LogP contribution in [0.2, 0.25) is 0 Å².